The molecule has 30 heavy (non-hydrogen) atoms. The first-order valence-corrected chi connectivity index (χ1v) is 10.5. The van der Waals surface area contributed by atoms with Gasteiger partial charge >= 0.3 is 0 Å². The van der Waals surface area contributed by atoms with E-state index in [-0.39, 0.29) is 5.91 Å². The second-order valence-electron chi connectivity index (χ2n) is 7.51. The number of carbonyl (C=O) groups excluding carboxylic acids is 1. The highest BCUT2D eigenvalue weighted by Gasteiger charge is 2.14. The van der Waals surface area contributed by atoms with Crippen molar-refractivity contribution in [3.63, 3.8) is 0 Å². The van der Waals surface area contributed by atoms with Gasteiger partial charge in [0.25, 0.3) is 0 Å². The number of nitrogens with zero attached hydrogens (tertiary/aromatic N) is 1. The Bertz CT molecular complexity index is 840. The molecule has 0 heterocycles. The van der Waals surface area contributed by atoms with E-state index in [1.165, 1.54) is 6.08 Å². The highest BCUT2D eigenvalue weighted by Crippen LogP contribution is 2.30. The average molecular weight is 431 g/mol. The van der Waals surface area contributed by atoms with Crippen LogP contribution in [0.3, 0.4) is 0 Å². The summed E-state index contributed by atoms with van der Waals surface area (Å²) in [4.78, 5) is 14.6. The Hall–Kier alpha value is -2.50. The lowest BCUT2D eigenvalue weighted by molar-refractivity contribution is -0.111. The minimum absolute atomic E-state index is 0.230. The number of hydrogen-bond acceptors (Lipinski definition) is 4. The third kappa shape index (κ3) is 7.39. The van der Waals surface area contributed by atoms with Gasteiger partial charge in [-0.15, -0.1) is 0 Å². The van der Waals surface area contributed by atoms with E-state index in [0.717, 1.165) is 12.1 Å². The van der Waals surface area contributed by atoms with Crippen LogP contribution < -0.4 is 14.8 Å². The molecule has 1 N–H and O–H groups in total. The maximum absolute atomic E-state index is 12.3. The van der Waals surface area contributed by atoms with Crippen molar-refractivity contribution in [3.8, 4) is 11.5 Å². The number of hydrogen-bond donors (Lipinski definition) is 1. The van der Waals surface area contributed by atoms with Crippen molar-refractivity contribution in [2.45, 2.75) is 39.8 Å². The summed E-state index contributed by atoms with van der Waals surface area (Å²) >= 11 is 5.88. The highest BCUT2D eigenvalue weighted by atomic mass is 35.5. The van der Waals surface area contributed by atoms with Gasteiger partial charge in [0.15, 0.2) is 11.5 Å². The number of benzene rings is 2. The Balaban J connectivity index is 2.00. The number of rotatable bonds is 10. The minimum atomic E-state index is -0.230. The van der Waals surface area contributed by atoms with E-state index in [9.17, 15) is 4.79 Å². The fraction of sp³-hybridized carbons (Fsp3) is 0.375. The number of halogens is 1. The lowest BCUT2D eigenvalue weighted by atomic mass is 10.2. The molecule has 0 fully saturated rings. The van der Waals surface area contributed by atoms with Crippen LogP contribution in [0.5, 0.6) is 11.5 Å². The molecule has 0 aliphatic rings. The molecule has 0 saturated carbocycles. The van der Waals surface area contributed by atoms with Gasteiger partial charge in [-0.2, -0.15) is 0 Å². The zero-order valence-corrected chi connectivity index (χ0v) is 19.1. The Kier molecular flexibility index (Phi) is 9.21. The third-order valence-corrected chi connectivity index (χ3v) is 4.91. The Morgan fingerprint density at radius 2 is 1.73 bits per heavy atom. The van der Waals surface area contributed by atoms with Crippen LogP contribution in [-0.4, -0.2) is 43.2 Å². The molecule has 0 radical (unpaired) electrons. The van der Waals surface area contributed by atoms with Crippen molar-refractivity contribution in [2.75, 3.05) is 25.6 Å². The van der Waals surface area contributed by atoms with Crippen molar-refractivity contribution < 1.29 is 14.3 Å². The number of nitrogens with one attached hydrogen (secondary N) is 1. The molecule has 5 nitrogen and oxygen atoms in total. The van der Waals surface area contributed by atoms with Crippen molar-refractivity contribution in [1.29, 1.82) is 0 Å². The van der Waals surface area contributed by atoms with Crippen LogP contribution in [-0.2, 0) is 4.79 Å². The number of methoxy groups -OCH3 is 1. The van der Waals surface area contributed by atoms with Crippen LogP contribution in [0.4, 0.5) is 5.69 Å². The van der Waals surface area contributed by atoms with Gasteiger partial charge in [0, 0.05) is 41.5 Å². The first-order chi connectivity index (χ1) is 14.3. The van der Waals surface area contributed by atoms with E-state index < -0.39 is 0 Å². The van der Waals surface area contributed by atoms with Crippen LogP contribution >= 0.6 is 11.6 Å². The van der Waals surface area contributed by atoms with E-state index in [0.29, 0.717) is 40.9 Å². The predicted molar refractivity (Wildman–Crippen MR) is 125 cm³/mol. The van der Waals surface area contributed by atoms with Crippen molar-refractivity contribution in [3.05, 3.63) is 59.1 Å². The molecule has 162 valence electrons. The smallest absolute Gasteiger partial charge is 0.248 e. The number of carbonyl (C=O) groups is 1. The fourth-order valence-corrected chi connectivity index (χ4v) is 3.30. The largest absolute Gasteiger partial charge is 0.493 e. The summed E-state index contributed by atoms with van der Waals surface area (Å²) in [6.07, 6.45) is 3.22. The molecule has 2 aromatic carbocycles. The third-order valence-electron chi connectivity index (χ3n) is 4.66. The molecule has 6 heteroatoms. The lowest BCUT2D eigenvalue weighted by Gasteiger charge is -2.30. The standard InChI is InChI=1S/C24H31ClN2O3/c1-17(2)27(18(3)4)14-15-30-23-16-21(11-12-22(23)29-5)26-24(28)13-8-19-6-9-20(25)10-7-19/h6-13,16-18H,14-15H2,1-5H3,(H,26,28). The van der Waals surface area contributed by atoms with Gasteiger partial charge in [0.1, 0.15) is 6.61 Å². The fourth-order valence-electron chi connectivity index (χ4n) is 3.17. The van der Waals surface area contributed by atoms with Crippen LogP contribution in [0.1, 0.15) is 33.3 Å². The second kappa shape index (κ2) is 11.6. The van der Waals surface area contributed by atoms with Gasteiger partial charge in [-0.25, -0.2) is 0 Å². The van der Waals surface area contributed by atoms with E-state index in [1.54, 1.807) is 43.5 Å². The first-order valence-electron chi connectivity index (χ1n) is 10.1. The molecule has 1 amide bonds. The Morgan fingerprint density at radius 3 is 2.33 bits per heavy atom. The quantitative estimate of drug-likeness (QED) is 0.506. The van der Waals surface area contributed by atoms with Gasteiger partial charge < -0.3 is 14.8 Å². The molecule has 0 aliphatic heterocycles. The summed E-state index contributed by atoms with van der Waals surface area (Å²) in [6.45, 7) is 10.0. The summed E-state index contributed by atoms with van der Waals surface area (Å²) in [5, 5.41) is 3.51. The average Bonchev–Trinajstić information content (AvgIpc) is 2.70. The zero-order valence-electron chi connectivity index (χ0n) is 18.3. The second-order valence-corrected chi connectivity index (χ2v) is 7.95. The molecule has 0 saturated heterocycles. The van der Waals surface area contributed by atoms with Crippen LogP contribution in [0.2, 0.25) is 5.02 Å². The summed E-state index contributed by atoms with van der Waals surface area (Å²) in [5.74, 6) is 1.00. The number of anilines is 1. The minimum Gasteiger partial charge on any atom is -0.493 e. The zero-order chi connectivity index (χ0) is 22.1. The maximum atomic E-state index is 12.3. The van der Waals surface area contributed by atoms with E-state index in [1.807, 2.05) is 12.1 Å². The molecular weight excluding hydrogens is 400 g/mol. The maximum Gasteiger partial charge on any atom is 0.248 e. The van der Waals surface area contributed by atoms with Gasteiger partial charge in [-0.05, 0) is 63.6 Å². The van der Waals surface area contributed by atoms with Gasteiger partial charge in [-0.1, -0.05) is 23.7 Å². The molecule has 2 rings (SSSR count). The Morgan fingerprint density at radius 1 is 1.07 bits per heavy atom. The van der Waals surface area contributed by atoms with Gasteiger partial charge in [-0.3, -0.25) is 9.69 Å². The SMILES string of the molecule is COc1ccc(NC(=O)C=Cc2ccc(Cl)cc2)cc1OCCN(C(C)C)C(C)C. The number of ether oxygens (including phenoxy) is 2. The molecule has 2 aromatic rings. The lowest BCUT2D eigenvalue weighted by Crippen LogP contribution is -2.39. The summed E-state index contributed by atoms with van der Waals surface area (Å²) in [7, 11) is 1.60. The topological polar surface area (TPSA) is 50.8 Å². The molecule has 0 spiro atoms. The summed E-state index contributed by atoms with van der Waals surface area (Å²) in [5.41, 5.74) is 1.54. The molecule has 0 bridgehead atoms. The van der Waals surface area contributed by atoms with Crippen LogP contribution in [0.25, 0.3) is 6.08 Å². The summed E-state index contributed by atoms with van der Waals surface area (Å²) in [6, 6.07) is 13.5. The van der Waals surface area contributed by atoms with E-state index in [2.05, 4.69) is 37.9 Å². The van der Waals surface area contributed by atoms with Crippen molar-refractivity contribution in [2.24, 2.45) is 0 Å². The van der Waals surface area contributed by atoms with Crippen LogP contribution in [0, 0.1) is 0 Å². The summed E-state index contributed by atoms with van der Waals surface area (Å²) < 4.78 is 11.4. The molecule has 0 aliphatic carbocycles. The molecule has 0 aromatic heterocycles. The Labute approximate surface area is 184 Å². The number of amides is 1. The predicted octanol–water partition coefficient (Wildman–Crippen LogP) is 5.50. The van der Waals surface area contributed by atoms with E-state index >= 15 is 0 Å². The normalized spacial score (nSPS) is 11.5. The van der Waals surface area contributed by atoms with Gasteiger partial charge in [0.05, 0.1) is 7.11 Å². The van der Waals surface area contributed by atoms with Crippen molar-refractivity contribution >= 4 is 29.3 Å². The first kappa shape index (κ1) is 23.8. The highest BCUT2D eigenvalue weighted by molar-refractivity contribution is 6.30. The van der Waals surface area contributed by atoms with Crippen molar-refractivity contribution in [1.82, 2.24) is 4.90 Å². The van der Waals surface area contributed by atoms with E-state index in [4.69, 9.17) is 21.1 Å². The molecular formula is C24H31ClN2O3. The molecule has 0 unspecified atom stereocenters. The van der Waals surface area contributed by atoms with Gasteiger partial charge in [0.2, 0.25) is 5.91 Å². The van der Waals surface area contributed by atoms with Crippen LogP contribution in [0.15, 0.2) is 48.5 Å². The molecule has 0 atom stereocenters. The monoisotopic (exact) mass is 430 g/mol.